The molecular weight excluding hydrogens is 228 g/mol. The molecule has 0 aliphatic carbocycles. The number of methoxy groups -OCH3 is 2. The molecule has 0 saturated carbocycles. The highest BCUT2D eigenvalue weighted by molar-refractivity contribution is 6.01. The number of aryl methyl sites for hydroxylation is 2. The Morgan fingerprint density at radius 2 is 1.89 bits per heavy atom. The summed E-state index contributed by atoms with van der Waals surface area (Å²) >= 11 is 0. The summed E-state index contributed by atoms with van der Waals surface area (Å²) < 4.78 is 10.5. The van der Waals surface area contributed by atoms with E-state index in [-0.39, 0.29) is 11.9 Å². The minimum atomic E-state index is -0.346. The predicted octanol–water partition coefficient (Wildman–Crippen LogP) is 3.31. The molecule has 0 aliphatic heterocycles. The van der Waals surface area contributed by atoms with Crippen molar-refractivity contribution in [2.45, 2.75) is 39.7 Å². The van der Waals surface area contributed by atoms with Crippen molar-refractivity contribution in [2.24, 2.45) is 0 Å². The molecule has 3 heteroatoms. The Morgan fingerprint density at radius 1 is 1.22 bits per heavy atom. The second-order valence-electron chi connectivity index (χ2n) is 4.51. The van der Waals surface area contributed by atoms with Crippen LogP contribution in [0.2, 0.25) is 0 Å². The van der Waals surface area contributed by atoms with Crippen molar-refractivity contribution < 1.29 is 14.3 Å². The topological polar surface area (TPSA) is 35.5 Å². The quantitative estimate of drug-likeness (QED) is 0.727. The van der Waals surface area contributed by atoms with Gasteiger partial charge in [0, 0.05) is 12.7 Å². The highest BCUT2D eigenvalue weighted by Gasteiger charge is 2.21. The predicted molar refractivity (Wildman–Crippen MR) is 72.5 cm³/mol. The van der Waals surface area contributed by atoms with Crippen LogP contribution in [0.3, 0.4) is 0 Å². The lowest BCUT2D eigenvalue weighted by atomic mass is 9.96. The molecule has 1 unspecified atom stereocenters. The third-order valence-electron chi connectivity index (χ3n) is 3.14. The minimum Gasteiger partial charge on any atom is -0.496 e. The smallest absolute Gasteiger partial charge is 0.191 e. The van der Waals surface area contributed by atoms with E-state index in [4.69, 9.17) is 9.47 Å². The van der Waals surface area contributed by atoms with Gasteiger partial charge >= 0.3 is 0 Å². The van der Waals surface area contributed by atoms with Gasteiger partial charge in [-0.2, -0.15) is 0 Å². The summed E-state index contributed by atoms with van der Waals surface area (Å²) in [6, 6.07) is 3.79. The van der Waals surface area contributed by atoms with Crippen LogP contribution in [0.5, 0.6) is 5.75 Å². The number of carbonyl (C=O) groups excluding carboxylic acids is 1. The third-order valence-corrected chi connectivity index (χ3v) is 3.14. The molecule has 1 aromatic rings. The van der Waals surface area contributed by atoms with E-state index in [0.29, 0.717) is 0 Å². The van der Waals surface area contributed by atoms with Crippen LogP contribution in [0, 0.1) is 13.8 Å². The van der Waals surface area contributed by atoms with Gasteiger partial charge in [0.15, 0.2) is 5.78 Å². The second kappa shape index (κ2) is 6.55. The number of ether oxygens (including phenoxy) is 2. The van der Waals surface area contributed by atoms with Gasteiger partial charge in [-0.3, -0.25) is 4.79 Å². The number of rotatable bonds is 6. The molecule has 0 fully saturated rings. The first-order valence-corrected chi connectivity index (χ1v) is 6.27. The summed E-state index contributed by atoms with van der Waals surface area (Å²) in [7, 11) is 3.22. The average molecular weight is 250 g/mol. The lowest BCUT2D eigenvalue weighted by Gasteiger charge is -2.16. The molecular formula is C15H22O3. The van der Waals surface area contributed by atoms with E-state index in [1.807, 2.05) is 32.9 Å². The van der Waals surface area contributed by atoms with Gasteiger partial charge in [0.2, 0.25) is 0 Å². The molecule has 0 amide bonds. The highest BCUT2D eigenvalue weighted by atomic mass is 16.5. The van der Waals surface area contributed by atoms with Crippen molar-refractivity contribution in [2.75, 3.05) is 14.2 Å². The Labute approximate surface area is 109 Å². The zero-order valence-electron chi connectivity index (χ0n) is 11.9. The zero-order chi connectivity index (χ0) is 13.7. The minimum absolute atomic E-state index is 0.0580. The summed E-state index contributed by atoms with van der Waals surface area (Å²) in [5.41, 5.74) is 2.63. The van der Waals surface area contributed by atoms with Gasteiger partial charge in [-0.1, -0.05) is 13.3 Å². The van der Waals surface area contributed by atoms with Crippen LogP contribution in [0.1, 0.15) is 41.3 Å². The van der Waals surface area contributed by atoms with Gasteiger partial charge in [0.25, 0.3) is 0 Å². The maximum absolute atomic E-state index is 12.4. The summed E-state index contributed by atoms with van der Waals surface area (Å²) in [5, 5.41) is 0. The highest BCUT2D eigenvalue weighted by Crippen LogP contribution is 2.24. The Balaban J connectivity index is 3.09. The van der Waals surface area contributed by atoms with Gasteiger partial charge in [-0.15, -0.1) is 0 Å². The van der Waals surface area contributed by atoms with Crippen LogP contribution in [0.15, 0.2) is 12.1 Å². The van der Waals surface area contributed by atoms with E-state index in [1.54, 1.807) is 14.2 Å². The largest absolute Gasteiger partial charge is 0.496 e. The van der Waals surface area contributed by atoms with Crippen molar-refractivity contribution in [1.29, 1.82) is 0 Å². The number of hydrogen-bond acceptors (Lipinski definition) is 3. The van der Waals surface area contributed by atoms with Crippen LogP contribution in [0.4, 0.5) is 0 Å². The molecule has 0 bridgehead atoms. The summed E-state index contributed by atoms with van der Waals surface area (Å²) in [4.78, 5) is 12.4. The third kappa shape index (κ3) is 3.10. The maximum atomic E-state index is 12.4. The van der Waals surface area contributed by atoms with Crippen molar-refractivity contribution in [3.05, 3.63) is 28.8 Å². The van der Waals surface area contributed by atoms with Crippen molar-refractivity contribution in [3.63, 3.8) is 0 Å². The molecule has 0 radical (unpaired) electrons. The normalized spacial score (nSPS) is 12.3. The first-order valence-electron chi connectivity index (χ1n) is 6.27. The summed E-state index contributed by atoms with van der Waals surface area (Å²) in [5.74, 6) is 0.871. The molecule has 0 saturated heterocycles. The zero-order valence-corrected chi connectivity index (χ0v) is 11.9. The molecule has 3 nitrogen and oxygen atoms in total. The van der Waals surface area contributed by atoms with E-state index in [9.17, 15) is 4.79 Å². The molecule has 0 spiro atoms. The first-order chi connectivity index (χ1) is 8.54. The Hall–Kier alpha value is -1.35. The summed E-state index contributed by atoms with van der Waals surface area (Å²) in [6.07, 6.45) is 1.33. The molecule has 0 aromatic heterocycles. The summed E-state index contributed by atoms with van der Waals surface area (Å²) in [6.45, 7) is 5.91. The van der Waals surface area contributed by atoms with Gasteiger partial charge in [0.1, 0.15) is 11.9 Å². The van der Waals surface area contributed by atoms with E-state index < -0.39 is 0 Å². The number of hydrogen-bond donors (Lipinski definition) is 0. The monoisotopic (exact) mass is 250 g/mol. The van der Waals surface area contributed by atoms with Crippen LogP contribution in [-0.4, -0.2) is 26.1 Å². The van der Waals surface area contributed by atoms with Crippen LogP contribution < -0.4 is 4.74 Å². The van der Waals surface area contributed by atoms with Crippen molar-refractivity contribution in [3.8, 4) is 5.75 Å². The molecule has 18 heavy (non-hydrogen) atoms. The molecule has 0 aliphatic rings. The van der Waals surface area contributed by atoms with Crippen LogP contribution in [0.25, 0.3) is 0 Å². The average Bonchev–Trinajstić information content (AvgIpc) is 2.37. The number of ketones is 1. The molecule has 0 N–H and O–H groups in total. The van der Waals surface area contributed by atoms with E-state index in [1.165, 1.54) is 0 Å². The fourth-order valence-corrected chi connectivity index (χ4v) is 2.07. The molecule has 1 atom stereocenters. The van der Waals surface area contributed by atoms with Gasteiger partial charge in [-0.05, 0) is 43.5 Å². The SMILES string of the molecule is CCCC(OC)C(=O)c1cc(C)c(OC)cc1C. The first kappa shape index (κ1) is 14.7. The molecule has 0 heterocycles. The molecule has 1 aromatic carbocycles. The van der Waals surface area contributed by atoms with Gasteiger partial charge in [0.05, 0.1) is 7.11 Å². The number of carbonyl (C=O) groups is 1. The maximum Gasteiger partial charge on any atom is 0.191 e. The van der Waals surface area contributed by atoms with E-state index in [2.05, 4.69) is 0 Å². The van der Waals surface area contributed by atoms with Crippen LogP contribution >= 0.6 is 0 Å². The number of benzene rings is 1. The fraction of sp³-hybridized carbons (Fsp3) is 0.533. The Morgan fingerprint density at radius 3 is 2.39 bits per heavy atom. The van der Waals surface area contributed by atoms with E-state index in [0.717, 1.165) is 35.3 Å². The Kier molecular flexibility index (Phi) is 5.35. The fourth-order valence-electron chi connectivity index (χ4n) is 2.07. The van der Waals surface area contributed by atoms with Crippen molar-refractivity contribution in [1.82, 2.24) is 0 Å². The van der Waals surface area contributed by atoms with Crippen molar-refractivity contribution >= 4 is 5.78 Å². The van der Waals surface area contributed by atoms with E-state index >= 15 is 0 Å². The second-order valence-corrected chi connectivity index (χ2v) is 4.51. The molecule has 100 valence electrons. The molecule has 1 rings (SSSR count). The lowest BCUT2D eigenvalue weighted by molar-refractivity contribution is 0.0578. The number of Topliss-reactive ketones (excluding diaryl/α,β-unsaturated/α-hetero) is 1. The lowest BCUT2D eigenvalue weighted by Crippen LogP contribution is -2.23. The Bertz CT molecular complexity index is 424. The van der Waals surface area contributed by atoms with Gasteiger partial charge in [-0.25, -0.2) is 0 Å². The van der Waals surface area contributed by atoms with Crippen LogP contribution in [-0.2, 0) is 4.74 Å². The van der Waals surface area contributed by atoms with Gasteiger partial charge < -0.3 is 9.47 Å². The standard InChI is InChI=1S/C15H22O3/c1-6-7-13(17-4)15(16)12-8-11(3)14(18-5)9-10(12)2/h8-9,13H,6-7H2,1-5H3.